The summed E-state index contributed by atoms with van der Waals surface area (Å²) in [6, 6.07) is 9.18. The van der Waals surface area contributed by atoms with Gasteiger partial charge in [0.1, 0.15) is 0 Å². The van der Waals surface area contributed by atoms with Crippen LogP contribution in [0.1, 0.15) is 23.7 Å². The van der Waals surface area contributed by atoms with E-state index in [1.165, 1.54) is 0 Å². The molecule has 6 nitrogen and oxygen atoms in total. The largest absolute Gasteiger partial charge is 0.333 e. The monoisotopic (exact) mass is 301 g/mol. The fourth-order valence-electron chi connectivity index (χ4n) is 2.05. The van der Waals surface area contributed by atoms with E-state index < -0.39 is 0 Å². The molecule has 0 aromatic carbocycles. The zero-order valence-corrected chi connectivity index (χ0v) is 12.3. The van der Waals surface area contributed by atoms with E-state index in [1.807, 2.05) is 53.2 Å². The highest BCUT2D eigenvalue weighted by atomic mass is 32.1. The number of carbonyl (C=O) groups excluding carboxylic acids is 1. The van der Waals surface area contributed by atoms with E-state index in [4.69, 9.17) is 0 Å². The molecule has 0 aliphatic heterocycles. The third-order valence-corrected chi connectivity index (χ3v) is 3.95. The van der Waals surface area contributed by atoms with Gasteiger partial charge in [0, 0.05) is 11.1 Å². The lowest BCUT2D eigenvalue weighted by molar-refractivity contribution is 0.237. The smallest absolute Gasteiger partial charge is 0.315 e. The van der Waals surface area contributed by atoms with E-state index >= 15 is 0 Å². The molecule has 1 unspecified atom stereocenters. The molecule has 0 radical (unpaired) electrons. The first-order valence-electron chi connectivity index (χ1n) is 6.60. The zero-order chi connectivity index (χ0) is 14.7. The normalized spacial score (nSPS) is 12.2. The van der Waals surface area contributed by atoms with Gasteiger partial charge >= 0.3 is 6.03 Å². The third kappa shape index (κ3) is 3.03. The predicted molar refractivity (Wildman–Crippen MR) is 81.1 cm³/mol. The van der Waals surface area contributed by atoms with Crippen LogP contribution in [0.3, 0.4) is 0 Å². The standard InChI is InChI=1S/C14H15N5OS/c1-10(13-18-17-12-6-2-3-7-19(12)13)16-14(20)15-9-11-5-4-8-21-11/h2-8,10H,9H2,1H3,(H2,15,16,20). The van der Waals surface area contributed by atoms with Gasteiger partial charge in [-0.3, -0.25) is 4.40 Å². The molecule has 0 fully saturated rings. The molecule has 21 heavy (non-hydrogen) atoms. The topological polar surface area (TPSA) is 71.3 Å². The molecule has 2 amide bonds. The molecule has 0 aliphatic rings. The van der Waals surface area contributed by atoms with Crippen LogP contribution in [-0.2, 0) is 6.54 Å². The molecule has 108 valence electrons. The minimum Gasteiger partial charge on any atom is -0.333 e. The van der Waals surface area contributed by atoms with Gasteiger partial charge in [-0.15, -0.1) is 21.5 Å². The zero-order valence-electron chi connectivity index (χ0n) is 11.5. The Labute approximate surface area is 125 Å². The summed E-state index contributed by atoms with van der Waals surface area (Å²) in [7, 11) is 0. The Morgan fingerprint density at radius 3 is 3.05 bits per heavy atom. The van der Waals surface area contributed by atoms with Crippen LogP contribution in [0, 0.1) is 0 Å². The second kappa shape index (κ2) is 5.92. The first kappa shape index (κ1) is 13.6. The van der Waals surface area contributed by atoms with Crippen molar-refractivity contribution in [2.24, 2.45) is 0 Å². The van der Waals surface area contributed by atoms with Crippen LogP contribution >= 0.6 is 11.3 Å². The molecule has 2 N–H and O–H groups in total. The number of urea groups is 1. The number of thiophene rings is 1. The number of nitrogens with zero attached hydrogens (tertiary/aromatic N) is 3. The molecule has 0 bridgehead atoms. The van der Waals surface area contributed by atoms with Crippen molar-refractivity contribution in [3.63, 3.8) is 0 Å². The van der Waals surface area contributed by atoms with Crippen LogP contribution < -0.4 is 10.6 Å². The highest BCUT2D eigenvalue weighted by Gasteiger charge is 2.15. The summed E-state index contributed by atoms with van der Waals surface area (Å²) in [6.45, 7) is 2.41. The van der Waals surface area contributed by atoms with Gasteiger partial charge < -0.3 is 10.6 Å². The maximum absolute atomic E-state index is 11.9. The highest BCUT2D eigenvalue weighted by molar-refractivity contribution is 7.09. The average Bonchev–Trinajstić information content (AvgIpc) is 3.14. The fraction of sp³-hybridized carbons (Fsp3) is 0.214. The van der Waals surface area contributed by atoms with Gasteiger partial charge in [-0.25, -0.2) is 4.79 Å². The Hall–Kier alpha value is -2.41. The van der Waals surface area contributed by atoms with E-state index in [2.05, 4.69) is 20.8 Å². The Kier molecular flexibility index (Phi) is 3.83. The second-order valence-electron chi connectivity index (χ2n) is 4.62. The SMILES string of the molecule is CC(NC(=O)NCc1cccs1)c1nnc2ccccn12. The average molecular weight is 301 g/mol. The maximum Gasteiger partial charge on any atom is 0.315 e. The third-order valence-electron chi connectivity index (χ3n) is 3.08. The molecular formula is C14H15N5OS. The predicted octanol–water partition coefficient (Wildman–Crippen LogP) is 2.35. The summed E-state index contributed by atoms with van der Waals surface area (Å²) in [5, 5.41) is 15.9. The first-order chi connectivity index (χ1) is 10.2. The van der Waals surface area contributed by atoms with Crippen molar-refractivity contribution in [1.29, 1.82) is 0 Å². The Bertz CT molecular complexity index is 737. The van der Waals surface area contributed by atoms with Gasteiger partial charge in [-0.2, -0.15) is 0 Å². The lowest BCUT2D eigenvalue weighted by atomic mass is 10.3. The highest BCUT2D eigenvalue weighted by Crippen LogP contribution is 2.11. The van der Waals surface area contributed by atoms with Crippen LogP contribution in [0.25, 0.3) is 5.65 Å². The van der Waals surface area contributed by atoms with Crippen molar-refractivity contribution in [3.05, 3.63) is 52.6 Å². The van der Waals surface area contributed by atoms with E-state index in [-0.39, 0.29) is 12.1 Å². The molecule has 3 heterocycles. The Balaban J connectivity index is 1.63. The van der Waals surface area contributed by atoms with Gasteiger partial charge in [0.2, 0.25) is 0 Å². The van der Waals surface area contributed by atoms with Crippen LogP contribution in [0.5, 0.6) is 0 Å². The number of rotatable bonds is 4. The number of amides is 2. The molecule has 7 heteroatoms. The summed E-state index contributed by atoms with van der Waals surface area (Å²) < 4.78 is 1.87. The number of aromatic nitrogens is 3. The number of pyridine rings is 1. The van der Waals surface area contributed by atoms with Crippen LogP contribution in [0.4, 0.5) is 4.79 Å². The van der Waals surface area contributed by atoms with E-state index in [9.17, 15) is 4.79 Å². The molecule has 3 aromatic heterocycles. The van der Waals surface area contributed by atoms with Crippen molar-refractivity contribution < 1.29 is 4.79 Å². The first-order valence-corrected chi connectivity index (χ1v) is 7.48. The molecule has 3 rings (SSSR count). The molecule has 0 aliphatic carbocycles. The summed E-state index contributed by atoms with van der Waals surface area (Å²) in [5.74, 6) is 0.705. The quantitative estimate of drug-likeness (QED) is 0.777. The van der Waals surface area contributed by atoms with Crippen molar-refractivity contribution >= 4 is 23.0 Å². The summed E-state index contributed by atoms with van der Waals surface area (Å²) in [5.41, 5.74) is 0.764. The van der Waals surface area contributed by atoms with Crippen LogP contribution in [-0.4, -0.2) is 20.6 Å². The molecule has 0 saturated carbocycles. The minimum absolute atomic E-state index is 0.219. The van der Waals surface area contributed by atoms with Gasteiger partial charge in [0.05, 0.1) is 12.6 Å². The minimum atomic E-state index is -0.231. The molecule has 1 atom stereocenters. The molecule has 0 spiro atoms. The van der Waals surface area contributed by atoms with Gasteiger partial charge in [-0.1, -0.05) is 12.1 Å². The Morgan fingerprint density at radius 1 is 1.33 bits per heavy atom. The lowest BCUT2D eigenvalue weighted by Gasteiger charge is -2.13. The summed E-state index contributed by atoms with van der Waals surface area (Å²) in [6.07, 6.45) is 1.88. The number of nitrogens with one attached hydrogen (secondary N) is 2. The fourth-order valence-corrected chi connectivity index (χ4v) is 2.69. The number of fused-ring (bicyclic) bond motifs is 1. The molecule has 0 saturated heterocycles. The van der Waals surface area contributed by atoms with Gasteiger partial charge in [0.25, 0.3) is 0 Å². The van der Waals surface area contributed by atoms with Crippen LogP contribution in [0.15, 0.2) is 41.9 Å². The number of carbonyl (C=O) groups is 1. The van der Waals surface area contributed by atoms with E-state index in [1.54, 1.807) is 11.3 Å². The van der Waals surface area contributed by atoms with E-state index in [0.717, 1.165) is 10.5 Å². The van der Waals surface area contributed by atoms with Crippen molar-refractivity contribution in [2.45, 2.75) is 19.5 Å². The number of hydrogen-bond acceptors (Lipinski definition) is 4. The molecular weight excluding hydrogens is 286 g/mol. The maximum atomic E-state index is 11.9. The number of hydrogen-bond donors (Lipinski definition) is 2. The van der Waals surface area contributed by atoms with Crippen LogP contribution in [0.2, 0.25) is 0 Å². The second-order valence-corrected chi connectivity index (χ2v) is 5.65. The van der Waals surface area contributed by atoms with E-state index in [0.29, 0.717) is 12.4 Å². The molecule has 3 aromatic rings. The summed E-state index contributed by atoms with van der Waals surface area (Å²) >= 11 is 1.61. The van der Waals surface area contributed by atoms with Crippen molar-refractivity contribution in [1.82, 2.24) is 25.2 Å². The van der Waals surface area contributed by atoms with Crippen molar-refractivity contribution in [2.75, 3.05) is 0 Å². The Morgan fingerprint density at radius 2 is 2.24 bits per heavy atom. The summed E-state index contributed by atoms with van der Waals surface area (Å²) in [4.78, 5) is 13.0. The lowest BCUT2D eigenvalue weighted by Crippen LogP contribution is -2.37. The van der Waals surface area contributed by atoms with Crippen molar-refractivity contribution in [3.8, 4) is 0 Å². The van der Waals surface area contributed by atoms with Gasteiger partial charge in [0.15, 0.2) is 11.5 Å². The van der Waals surface area contributed by atoms with Gasteiger partial charge in [-0.05, 0) is 30.5 Å².